The third-order valence-corrected chi connectivity index (χ3v) is 8.75. The molecule has 37 heavy (non-hydrogen) atoms. The molecule has 2 aliphatic heterocycles. The molecule has 0 radical (unpaired) electrons. The highest BCUT2D eigenvalue weighted by atomic mass is 79.9. The SMILES string of the molecule is CCCCCCN1C(=O)C(=C2SC(=S)N(CCCCCCCCCCC(=O)O)C2=O)c2cc(Br)ccc21. The van der Waals surface area contributed by atoms with Crippen LogP contribution in [0.3, 0.4) is 0 Å². The predicted molar refractivity (Wildman–Crippen MR) is 159 cm³/mol. The van der Waals surface area contributed by atoms with Crippen LogP contribution in [-0.2, 0) is 14.4 Å². The lowest BCUT2D eigenvalue weighted by molar-refractivity contribution is -0.137. The first-order valence-electron chi connectivity index (χ1n) is 13.5. The van der Waals surface area contributed by atoms with E-state index in [9.17, 15) is 14.4 Å². The molecule has 2 aliphatic rings. The average molecular weight is 610 g/mol. The lowest BCUT2D eigenvalue weighted by Gasteiger charge is -2.17. The van der Waals surface area contributed by atoms with Gasteiger partial charge in [-0.1, -0.05) is 105 Å². The average Bonchev–Trinajstić information content (AvgIpc) is 3.28. The third-order valence-electron chi connectivity index (χ3n) is 6.81. The number of unbranched alkanes of at least 4 members (excludes halogenated alkanes) is 10. The first-order chi connectivity index (χ1) is 17.8. The Labute approximate surface area is 238 Å². The molecule has 0 spiro atoms. The number of halogens is 1. The van der Waals surface area contributed by atoms with Crippen LogP contribution in [0.1, 0.15) is 96.0 Å². The standard InChI is InChI=1S/C28H37BrN2O4S2/c1-2-3-4-12-17-30-22-16-15-20(29)19-21(22)24(26(30)34)25-27(35)31(28(36)37-25)18-13-10-8-6-5-7-9-11-14-23(32)33/h15-16,19H,2-14,17-18H2,1H3,(H,32,33). The van der Waals surface area contributed by atoms with Crippen molar-refractivity contribution < 1.29 is 19.5 Å². The van der Waals surface area contributed by atoms with Crippen molar-refractivity contribution in [3.63, 3.8) is 0 Å². The first kappa shape index (κ1) is 29.8. The van der Waals surface area contributed by atoms with Crippen molar-refractivity contribution in [2.45, 2.75) is 90.4 Å². The number of carboxylic acids is 1. The van der Waals surface area contributed by atoms with Gasteiger partial charge in [0, 0.05) is 29.5 Å². The molecule has 2 amide bonds. The molecule has 1 saturated heterocycles. The number of hydrogen-bond acceptors (Lipinski definition) is 5. The second kappa shape index (κ2) is 15.0. The molecule has 3 rings (SSSR count). The molecular formula is C28H37BrN2O4S2. The van der Waals surface area contributed by atoms with Crippen molar-refractivity contribution in [2.24, 2.45) is 0 Å². The number of carbonyl (C=O) groups is 3. The number of hydrogen-bond donors (Lipinski definition) is 1. The fraction of sp³-hybridized carbons (Fsp3) is 0.571. The summed E-state index contributed by atoms with van der Waals surface area (Å²) in [5.41, 5.74) is 2.15. The zero-order chi connectivity index (χ0) is 26.8. The predicted octanol–water partition coefficient (Wildman–Crippen LogP) is 7.54. The van der Waals surface area contributed by atoms with E-state index in [0.717, 1.165) is 92.8 Å². The summed E-state index contributed by atoms with van der Waals surface area (Å²) in [5.74, 6) is -0.982. The number of fused-ring (bicyclic) bond motifs is 1. The maximum atomic E-state index is 13.5. The third kappa shape index (κ3) is 8.14. The van der Waals surface area contributed by atoms with Crippen LogP contribution in [0.25, 0.3) is 5.57 Å². The normalized spacial score (nSPS) is 17.3. The largest absolute Gasteiger partial charge is 0.481 e. The van der Waals surface area contributed by atoms with Crippen molar-refractivity contribution in [1.82, 2.24) is 4.90 Å². The van der Waals surface area contributed by atoms with E-state index in [-0.39, 0.29) is 18.2 Å². The Hall–Kier alpha value is -1.71. The molecule has 0 aliphatic carbocycles. The molecule has 1 aromatic rings. The van der Waals surface area contributed by atoms with Gasteiger partial charge in [0.15, 0.2) is 0 Å². The number of benzene rings is 1. The Morgan fingerprint density at radius 1 is 0.892 bits per heavy atom. The zero-order valence-electron chi connectivity index (χ0n) is 21.6. The summed E-state index contributed by atoms with van der Waals surface area (Å²) in [4.78, 5) is 41.4. The Balaban J connectivity index is 1.57. The van der Waals surface area contributed by atoms with Crippen molar-refractivity contribution >= 4 is 73.3 Å². The molecule has 1 fully saturated rings. The number of amides is 2. The van der Waals surface area contributed by atoms with Gasteiger partial charge in [-0.3, -0.25) is 19.3 Å². The van der Waals surface area contributed by atoms with E-state index in [1.54, 1.807) is 4.90 Å². The second-order valence-electron chi connectivity index (χ2n) is 9.68. The van der Waals surface area contributed by atoms with Gasteiger partial charge in [-0.25, -0.2) is 0 Å². The lowest BCUT2D eigenvalue weighted by Crippen LogP contribution is -2.30. The van der Waals surface area contributed by atoms with E-state index < -0.39 is 5.97 Å². The number of thiocarbonyl (C=S) groups is 1. The quantitative estimate of drug-likeness (QED) is 0.119. The van der Waals surface area contributed by atoms with Gasteiger partial charge >= 0.3 is 5.97 Å². The minimum Gasteiger partial charge on any atom is -0.481 e. The number of nitrogens with zero attached hydrogens (tertiary/aromatic N) is 2. The Morgan fingerprint density at radius 2 is 1.49 bits per heavy atom. The molecule has 0 atom stereocenters. The summed E-state index contributed by atoms with van der Waals surface area (Å²) in [6.45, 7) is 3.39. The minimum absolute atomic E-state index is 0.103. The van der Waals surface area contributed by atoms with Crippen LogP contribution in [0, 0.1) is 0 Å². The molecule has 2 heterocycles. The summed E-state index contributed by atoms with van der Waals surface area (Å²) in [7, 11) is 0. The van der Waals surface area contributed by atoms with Crippen LogP contribution in [0.2, 0.25) is 0 Å². The fourth-order valence-corrected chi connectivity index (χ4v) is 6.53. The molecule has 202 valence electrons. The van der Waals surface area contributed by atoms with Gasteiger partial charge in [0.25, 0.3) is 11.8 Å². The van der Waals surface area contributed by atoms with E-state index >= 15 is 0 Å². The Bertz CT molecular complexity index is 1040. The van der Waals surface area contributed by atoms with Gasteiger partial charge < -0.3 is 10.0 Å². The molecule has 1 N–H and O–H groups in total. The van der Waals surface area contributed by atoms with E-state index in [2.05, 4.69) is 22.9 Å². The van der Waals surface area contributed by atoms with Crippen LogP contribution in [0.15, 0.2) is 27.6 Å². The van der Waals surface area contributed by atoms with Gasteiger partial charge in [-0.15, -0.1) is 0 Å². The zero-order valence-corrected chi connectivity index (χ0v) is 24.8. The topological polar surface area (TPSA) is 77.9 Å². The molecule has 0 bridgehead atoms. The highest BCUT2D eigenvalue weighted by molar-refractivity contribution is 9.10. The van der Waals surface area contributed by atoms with E-state index in [4.69, 9.17) is 17.3 Å². The monoisotopic (exact) mass is 608 g/mol. The number of carboxylic acid groups (broad SMARTS) is 1. The van der Waals surface area contributed by atoms with Crippen LogP contribution in [-0.4, -0.2) is 45.2 Å². The highest BCUT2D eigenvalue weighted by Gasteiger charge is 2.41. The van der Waals surface area contributed by atoms with Crippen molar-refractivity contribution in [3.8, 4) is 0 Å². The lowest BCUT2D eigenvalue weighted by atomic mass is 10.1. The number of thioether (sulfide) groups is 1. The van der Waals surface area contributed by atoms with Gasteiger partial charge in [0.2, 0.25) is 0 Å². The number of aliphatic carboxylic acids is 1. The summed E-state index contributed by atoms with van der Waals surface area (Å²) in [6, 6.07) is 5.83. The Kier molecular flexibility index (Phi) is 12.1. The van der Waals surface area contributed by atoms with Gasteiger partial charge in [0.1, 0.15) is 4.32 Å². The maximum absolute atomic E-state index is 13.5. The maximum Gasteiger partial charge on any atom is 0.303 e. The number of rotatable bonds is 16. The summed E-state index contributed by atoms with van der Waals surface area (Å²) in [6.07, 6.45) is 12.5. The molecule has 0 unspecified atom stereocenters. The first-order valence-corrected chi connectivity index (χ1v) is 15.5. The van der Waals surface area contributed by atoms with Crippen molar-refractivity contribution in [3.05, 3.63) is 33.1 Å². The Morgan fingerprint density at radius 3 is 2.14 bits per heavy atom. The smallest absolute Gasteiger partial charge is 0.303 e. The number of anilines is 1. The van der Waals surface area contributed by atoms with Gasteiger partial charge in [-0.2, -0.15) is 0 Å². The van der Waals surface area contributed by atoms with Crippen molar-refractivity contribution in [1.29, 1.82) is 0 Å². The van der Waals surface area contributed by atoms with Gasteiger partial charge in [-0.05, 0) is 37.5 Å². The van der Waals surface area contributed by atoms with Crippen LogP contribution < -0.4 is 4.90 Å². The van der Waals surface area contributed by atoms with Crippen molar-refractivity contribution in [2.75, 3.05) is 18.0 Å². The molecule has 0 saturated carbocycles. The molecule has 9 heteroatoms. The summed E-state index contributed by atoms with van der Waals surface area (Å²) in [5, 5.41) is 8.68. The second-order valence-corrected chi connectivity index (χ2v) is 12.2. The molecule has 1 aromatic carbocycles. The molecular weight excluding hydrogens is 572 g/mol. The highest BCUT2D eigenvalue weighted by Crippen LogP contribution is 2.45. The summed E-state index contributed by atoms with van der Waals surface area (Å²) < 4.78 is 1.40. The van der Waals surface area contributed by atoms with E-state index in [1.807, 2.05) is 23.1 Å². The van der Waals surface area contributed by atoms with Crippen LogP contribution in [0.4, 0.5) is 5.69 Å². The number of carbonyl (C=O) groups excluding carboxylic acids is 2. The summed E-state index contributed by atoms with van der Waals surface area (Å²) >= 11 is 10.3. The van der Waals surface area contributed by atoms with Crippen LogP contribution in [0.5, 0.6) is 0 Å². The van der Waals surface area contributed by atoms with E-state index in [1.165, 1.54) is 11.8 Å². The van der Waals surface area contributed by atoms with Crippen LogP contribution >= 0.6 is 39.9 Å². The minimum atomic E-state index is -0.722. The fourth-order valence-electron chi connectivity index (χ4n) is 4.79. The van der Waals surface area contributed by atoms with Gasteiger partial charge in [0.05, 0.1) is 16.2 Å². The van der Waals surface area contributed by atoms with E-state index in [0.29, 0.717) is 27.9 Å². The molecule has 6 nitrogen and oxygen atoms in total. The molecule has 0 aromatic heterocycles.